The number of para-hydroxylation sites is 1. The van der Waals surface area contributed by atoms with E-state index in [1.54, 1.807) is 6.92 Å². The van der Waals surface area contributed by atoms with Crippen molar-refractivity contribution in [2.45, 2.75) is 40.7 Å². The molecule has 1 heterocycles. The molecule has 2 aromatic rings. The molecule has 1 unspecified atom stereocenters. The highest BCUT2D eigenvalue weighted by Crippen LogP contribution is 2.18. The topological polar surface area (TPSA) is 68.1 Å². The minimum absolute atomic E-state index is 0. The molecule has 1 aromatic heterocycles. The Morgan fingerprint density at radius 3 is 2.65 bits per heavy atom. The van der Waals surface area contributed by atoms with Crippen molar-refractivity contribution in [2.75, 3.05) is 6.61 Å². The number of hydrogen-bond donors (Lipinski definition) is 2. The molecule has 4 heteroatoms. The van der Waals surface area contributed by atoms with E-state index in [1.165, 1.54) is 0 Å². The predicted molar refractivity (Wildman–Crippen MR) is 84.7 cm³/mol. The van der Waals surface area contributed by atoms with E-state index in [1.807, 2.05) is 44.3 Å². The smallest absolute Gasteiger partial charge is 0.323 e. The van der Waals surface area contributed by atoms with E-state index in [0.717, 1.165) is 16.5 Å². The van der Waals surface area contributed by atoms with Crippen LogP contribution in [-0.2, 0) is 16.0 Å². The summed E-state index contributed by atoms with van der Waals surface area (Å²) in [5.41, 5.74) is 7.89. The second kappa shape index (κ2) is 9.15. The van der Waals surface area contributed by atoms with Gasteiger partial charge in [-0.15, -0.1) is 0 Å². The van der Waals surface area contributed by atoms with Crippen LogP contribution in [0.1, 0.15) is 33.8 Å². The van der Waals surface area contributed by atoms with Crippen LogP contribution in [0.15, 0.2) is 30.5 Å². The van der Waals surface area contributed by atoms with Crippen molar-refractivity contribution in [3.8, 4) is 0 Å². The first-order chi connectivity index (χ1) is 9.22. The standard InChI is InChI=1S/C13H16N2O2.C2H6.CH4/c1-2-17-13(16)11(14)7-9-8-15-12-6-4-3-5-10(9)12;1-2;/h3-6,8,11,15H,2,7,14H2,1H3;1-2H3;1H4. The molecule has 0 aliphatic rings. The Hall–Kier alpha value is -1.81. The zero-order valence-corrected chi connectivity index (χ0v) is 11.8. The van der Waals surface area contributed by atoms with Crippen LogP contribution in [0, 0.1) is 0 Å². The summed E-state index contributed by atoms with van der Waals surface area (Å²) in [6, 6.07) is 7.34. The van der Waals surface area contributed by atoms with E-state index >= 15 is 0 Å². The molecule has 112 valence electrons. The molecule has 0 fully saturated rings. The minimum atomic E-state index is -0.603. The molecule has 1 atom stereocenters. The summed E-state index contributed by atoms with van der Waals surface area (Å²) in [6.45, 7) is 6.14. The first-order valence-corrected chi connectivity index (χ1v) is 6.69. The van der Waals surface area contributed by atoms with Gasteiger partial charge in [-0.3, -0.25) is 4.79 Å². The molecule has 4 nitrogen and oxygen atoms in total. The first-order valence-electron chi connectivity index (χ1n) is 6.69. The number of esters is 1. The number of hydrogen-bond acceptors (Lipinski definition) is 3. The number of nitrogens with two attached hydrogens (primary N) is 1. The number of benzene rings is 1. The molecule has 0 radical (unpaired) electrons. The molecule has 0 aliphatic heterocycles. The number of carbonyl (C=O) groups excluding carboxylic acids is 1. The number of H-pyrrole nitrogens is 1. The van der Waals surface area contributed by atoms with Crippen molar-refractivity contribution in [3.63, 3.8) is 0 Å². The molecule has 2 rings (SSSR count). The van der Waals surface area contributed by atoms with Crippen LogP contribution in [0.5, 0.6) is 0 Å². The lowest BCUT2D eigenvalue weighted by Crippen LogP contribution is -2.34. The number of ether oxygens (including phenoxy) is 1. The van der Waals surface area contributed by atoms with Gasteiger partial charge in [-0.1, -0.05) is 39.5 Å². The fraction of sp³-hybridized carbons (Fsp3) is 0.438. The maximum absolute atomic E-state index is 11.4. The molecule has 0 saturated heterocycles. The molecular weight excluding hydrogens is 252 g/mol. The van der Waals surface area contributed by atoms with Gasteiger partial charge in [0, 0.05) is 23.5 Å². The van der Waals surface area contributed by atoms with Crippen LogP contribution in [0.3, 0.4) is 0 Å². The third-order valence-corrected chi connectivity index (χ3v) is 2.70. The predicted octanol–water partition coefficient (Wildman–Crippen LogP) is 3.26. The van der Waals surface area contributed by atoms with Gasteiger partial charge in [0.25, 0.3) is 0 Å². The van der Waals surface area contributed by atoms with Gasteiger partial charge in [0.05, 0.1) is 6.61 Å². The Bertz CT molecular complexity index is 520. The fourth-order valence-corrected chi connectivity index (χ4v) is 1.87. The van der Waals surface area contributed by atoms with Crippen LogP contribution < -0.4 is 5.73 Å². The molecule has 0 amide bonds. The van der Waals surface area contributed by atoms with Crippen molar-refractivity contribution >= 4 is 16.9 Å². The Morgan fingerprint density at radius 1 is 1.35 bits per heavy atom. The van der Waals surface area contributed by atoms with E-state index in [0.29, 0.717) is 13.0 Å². The number of rotatable bonds is 4. The van der Waals surface area contributed by atoms with Gasteiger partial charge >= 0.3 is 5.97 Å². The van der Waals surface area contributed by atoms with E-state index < -0.39 is 6.04 Å². The van der Waals surface area contributed by atoms with Crippen LogP contribution in [0.4, 0.5) is 0 Å². The van der Waals surface area contributed by atoms with Crippen LogP contribution in [0.25, 0.3) is 10.9 Å². The van der Waals surface area contributed by atoms with E-state index in [2.05, 4.69) is 4.98 Å². The molecule has 0 spiro atoms. The van der Waals surface area contributed by atoms with Crippen molar-refractivity contribution < 1.29 is 9.53 Å². The van der Waals surface area contributed by atoms with Crippen molar-refractivity contribution in [2.24, 2.45) is 5.73 Å². The summed E-state index contributed by atoms with van der Waals surface area (Å²) in [5, 5.41) is 1.10. The third kappa shape index (κ3) is 4.38. The summed E-state index contributed by atoms with van der Waals surface area (Å²) >= 11 is 0. The Balaban J connectivity index is 0.00000115. The second-order valence-corrected chi connectivity index (χ2v) is 3.92. The summed E-state index contributed by atoms with van der Waals surface area (Å²) in [6.07, 6.45) is 2.38. The van der Waals surface area contributed by atoms with Crippen LogP contribution >= 0.6 is 0 Å². The van der Waals surface area contributed by atoms with Crippen molar-refractivity contribution in [3.05, 3.63) is 36.0 Å². The third-order valence-electron chi connectivity index (χ3n) is 2.70. The quantitative estimate of drug-likeness (QED) is 0.843. The highest BCUT2D eigenvalue weighted by Gasteiger charge is 2.16. The zero-order chi connectivity index (χ0) is 14.3. The Kier molecular flexibility index (Phi) is 8.32. The number of carbonyl (C=O) groups is 1. The molecule has 20 heavy (non-hydrogen) atoms. The highest BCUT2D eigenvalue weighted by atomic mass is 16.5. The van der Waals surface area contributed by atoms with Gasteiger partial charge in [-0.25, -0.2) is 0 Å². The zero-order valence-electron chi connectivity index (χ0n) is 11.8. The van der Waals surface area contributed by atoms with Gasteiger partial charge in [-0.05, 0) is 18.6 Å². The summed E-state index contributed by atoms with van der Waals surface area (Å²) in [5.74, 6) is -0.349. The molecule has 1 aromatic carbocycles. The number of fused-ring (bicyclic) bond motifs is 1. The monoisotopic (exact) mass is 278 g/mol. The van der Waals surface area contributed by atoms with Gasteiger partial charge < -0.3 is 15.5 Å². The lowest BCUT2D eigenvalue weighted by Gasteiger charge is -2.09. The molecule has 0 aliphatic carbocycles. The molecule has 3 N–H and O–H groups in total. The summed E-state index contributed by atoms with van der Waals surface area (Å²) in [4.78, 5) is 14.6. The van der Waals surface area contributed by atoms with Gasteiger partial charge in [0.1, 0.15) is 6.04 Å². The van der Waals surface area contributed by atoms with Gasteiger partial charge in [0.2, 0.25) is 0 Å². The largest absolute Gasteiger partial charge is 0.465 e. The summed E-state index contributed by atoms with van der Waals surface area (Å²) in [7, 11) is 0. The van der Waals surface area contributed by atoms with Gasteiger partial charge in [0.15, 0.2) is 0 Å². The first kappa shape index (κ1) is 18.2. The maximum Gasteiger partial charge on any atom is 0.323 e. The fourth-order valence-electron chi connectivity index (χ4n) is 1.87. The minimum Gasteiger partial charge on any atom is -0.465 e. The average Bonchev–Trinajstić information content (AvgIpc) is 2.85. The van der Waals surface area contributed by atoms with E-state index in [9.17, 15) is 4.79 Å². The van der Waals surface area contributed by atoms with E-state index in [4.69, 9.17) is 10.5 Å². The Labute approximate surface area is 121 Å². The normalized spacial score (nSPS) is 11.0. The summed E-state index contributed by atoms with van der Waals surface area (Å²) < 4.78 is 4.89. The Morgan fingerprint density at radius 2 is 2.00 bits per heavy atom. The maximum atomic E-state index is 11.4. The van der Waals surface area contributed by atoms with Crippen LogP contribution in [0.2, 0.25) is 0 Å². The van der Waals surface area contributed by atoms with Gasteiger partial charge in [-0.2, -0.15) is 0 Å². The van der Waals surface area contributed by atoms with Crippen LogP contribution in [-0.4, -0.2) is 23.6 Å². The number of aromatic nitrogens is 1. The number of nitrogens with one attached hydrogen (secondary N) is 1. The lowest BCUT2D eigenvalue weighted by atomic mass is 10.1. The average molecular weight is 278 g/mol. The van der Waals surface area contributed by atoms with Crippen molar-refractivity contribution in [1.29, 1.82) is 0 Å². The van der Waals surface area contributed by atoms with E-state index in [-0.39, 0.29) is 13.4 Å². The number of aromatic amines is 1. The highest BCUT2D eigenvalue weighted by molar-refractivity contribution is 5.84. The lowest BCUT2D eigenvalue weighted by molar-refractivity contribution is -0.144. The SMILES string of the molecule is C.CC.CCOC(=O)C(N)Cc1c[nH]c2ccccc12. The molecule has 0 saturated carbocycles. The second-order valence-electron chi connectivity index (χ2n) is 3.92. The molecule has 0 bridgehead atoms. The van der Waals surface area contributed by atoms with Crippen molar-refractivity contribution in [1.82, 2.24) is 4.98 Å². The molecular formula is C16H26N2O2.